The van der Waals surface area contributed by atoms with E-state index in [0.717, 1.165) is 31.7 Å². The second-order valence-corrected chi connectivity index (χ2v) is 8.28. The molecule has 1 aliphatic heterocycles. The van der Waals surface area contributed by atoms with Crippen LogP contribution in [0, 0.1) is 5.92 Å². The lowest BCUT2D eigenvalue weighted by Gasteiger charge is -2.28. The van der Waals surface area contributed by atoms with E-state index in [4.69, 9.17) is 4.74 Å². The average Bonchev–Trinajstić information content (AvgIpc) is 3.03. The molecule has 0 amide bonds. The Balaban J connectivity index is 1.79. The van der Waals surface area contributed by atoms with E-state index in [-0.39, 0.29) is 4.90 Å². The molecule has 1 aliphatic rings. The van der Waals surface area contributed by atoms with E-state index in [2.05, 4.69) is 17.3 Å². The van der Waals surface area contributed by atoms with Gasteiger partial charge in [-0.2, -0.15) is 5.10 Å². The Morgan fingerprint density at radius 3 is 2.71 bits per heavy atom. The van der Waals surface area contributed by atoms with Crippen LogP contribution in [0.1, 0.15) is 19.8 Å². The van der Waals surface area contributed by atoms with Crippen LogP contribution >= 0.6 is 0 Å². The lowest BCUT2D eigenvalue weighted by atomic mass is 9.93. The maximum absolute atomic E-state index is 11.9. The van der Waals surface area contributed by atoms with Crippen molar-refractivity contribution in [3.63, 3.8) is 0 Å². The van der Waals surface area contributed by atoms with Gasteiger partial charge in [0.2, 0.25) is 0 Å². The van der Waals surface area contributed by atoms with Crippen LogP contribution in [0.4, 0.5) is 5.69 Å². The van der Waals surface area contributed by atoms with Crippen LogP contribution in [0.25, 0.3) is 5.69 Å². The summed E-state index contributed by atoms with van der Waals surface area (Å²) in [6, 6.07) is 7.20. The largest absolute Gasteiger partial charge is 0.381 e. The van der Waals surface area contributed by atoms with Gasteiger partial charge in [-0.15, -0.1) is 0 Å². The molecule has 0 radical (unpaired) electrons. The fourth-order valence-corrected chi connectivity index (χ4v) is 3.95. The summed E-state index contributed by atoms with van der Waals surface area (Å²) in [4.78, 5) is 0.275. The van der Waals surface area contributed by atoms with Gasteiger partial charge in [0.05, 0.1) is 28.7 Å². The first-order chi connectivity index (χ1) is 11.4. The van der Waals surface area contributed by atoms with Crippen LogP contribution in [0.2, 0.25) is 0 Å². The highest BCUT2D eigenvalue weighted by Gasteiger charge is 2.21. The number of ether oxygens (including phenoxy) is 1. The van der Waals surface area contributed by atoms with Gasteiger partial charge in [-0.05, 0) is 37.8 Å². The Morgan fingerprint density at radius 2 is 2.00 bits per heavy atom. The van der Waals surface area contributed by atoms with Crippen molar-refractivity contribution in [1.29, 1.82) is 0 Å². The highest BCUT2D eigenvalue weighted by molar-refractivity contribution is 7.90. The van der Waals surface area contributed by atoms with Crippen molar-refractivity contribution in [1.82, 2.24) is 9.78 Å². The monoisotopic (exact) mass is 349 g/mol. The maximum atomic E-state index is 11.9. The fourth-order valence-electron chi connectivity index (χ4n) is 3.09. The molecule has 0 saturated carbocycles. The summed E-state index contributed by atoms with van der Waals surface area (Å²) in [6.45, 7) is 3.80. The second kappa shape index (κ2) is 6.94. The molecule has 2 heterocycles. The minimum absolute atomic E-state index is 0.275. The van der Waals surface area contributed by atoms with Crippen LogP contribution in [0.5, 0.6) is 0 Å². The minimum Gasteiger partial charge on any atom is -0.381 e. The van der Waals surface area contributed by atoms with E-state index >= 15 is 0 Å². The number of sulfone groups is 1. The molecule has 1 N–H and O–H groups in total. The molecule has 0 unspecified atom stereocenters. The number of para-hydroxylation sites is 1. The Kier molecular flexibility index (Phi) is 4.91. The van der Waals surface area contributed by atoms with Gasteiger partial charge in [0.1, 0.15) is 0 Å². The summed E-state index contributed by atoms with van der Waals surface area (Å²) in [5.74, 6) is 0.574. The highest BCUT2D eigenvalue weighted by Crippen LogP contribution is 2.24. The lowest BCUT2D eigenvalue weighted by Crippen LogP contribution is -2.30. The Morgan fingerprint density at radius 1 is 1.29 bits per heavy atom. The summed E-state index contributed by atoms with van der Waals surface area (Å²) < 4.78 is 30.9. The standard InChI is InChI=1S/C17H23N3O3S/c1-13(14-7-9-23-10-8-14)19-15-11-18-20(12-15)16-5-3-4-6-17(16)24(2,21)22/h3-6,11-14,19H,7-10H2,1-2H3/t13-/m1/s1. The summed E-state index contributed by atoms with van der Waals surface area (Å²) in [6.07, 6.45) is 6.88. The molecular formula is C17H23N3O3S. The summed E-state index contributed by atoms with van der Waals surface area (Å²) in [7, 11) is -3.31. The second-order valence-electron chi connectivity index (χ2n) is 6.30. The van der Waals surface area contributed by atoms with Crippen LogP contribution in [0.15, 0.2) is 41.6 Å². The fraction of sp³-hybridized carbons (Fsp3) is 0.471. The van der Waals surface area contributed by atoms with Crippen molar-refractivity contribution in [3.05, 3.63) is 36.7 Å². The SMILES string of the molecule is C[C@@H](Nc1cnn(-c2ccccc2S(C)(=O)=O)c1)C1CCOCC1. The van der Waals surface area contributed by atoms with Gasteiger partial charge in [0, 0.05) is 25.5 Å². The molecule has 0 bridgehead atoms. The molecular weight excluding hydrogens is 326 g/mol. The zero-order valence-corrected chi connectivity index (χ0v) is 14.8. The molecule has 1 saturated heterocycles. The molecule has 130 valence electrons. The average molecular weight is 349 g/mol. The van der Waals surface area contributed by atoms with E-state index in [9.17, 15) is 8.42 Å². The number of rotatable bonds is 5. The van der Waals surface area contributed by atoms with Gasteiger partial charge in [0.25, 0.3) is 0 Å². The van der Waals surface area contributed by atoms with Crippen molar-refractivity contribution in [2.45, 2.75) is 30.7 Å². The molecule has 1 aromatic heterocycles. The third kappa shape index (κ3) is 3.79. The topological polar surface area (TPSA) is 73.2 Å². The number of nitrogens with one attached hydrogen (secondary N) is 1. The van der Waals surface area contributed by atoms with Crippen LogP contribution in [-0.2, 0) is 14.6 Å². The van der Waals surface area contributed by atoms with Crippen molar-refractivity contribution < 1.29 is 13.2 Å². The van der Waals surface area contributed by atoms with E-state index in [0.29, 0.717) is 17.6 Å². The predicted molar refractivity (Wildman–Crippen MR) is 93.3 cm³/mol. The molecule has 1 fully saturated rings. The highest BCUT2D eigenvalue weighted by atomic mass is 32.2. The van der Waals surface area contributed by atoms with E-state index in [1.165, 1.54) is 6.26 Å². The van der Waals surface area contributed by atoms with Crippen molar-refractivity contribution in [2.24, 2.45) is 5.92 Å². The van der Waals surface area contributed by atoms with Crippen LogP contribution < -0.4 is 5.32 Å². The lowest BCUT2D eigenvalue weighted by molar-refractivity contribution is 0.0622. The van der Waals surface area contributed by atoms with Gasteiger partial charge < -0.3 is 10.1 Å². The van der Waals surface area contributed by atoms with Gasteiger partial charge in [-0.1, -0.05) is 12.1 Å². The quantitative estimate of drug-likeness (QED) is 0.898. The molecule has 2 aromatic rings. The zero-order chi connectivity index (χ0) is 17.2. The molecule has 1 atom stereocenters. The number of hydrogen-bond acceptors (Lipinski definition) is 5. The van der Waals surface area contributed by atoms with Gasteiger partial charge >= 0.3 is 0 Å². The van der Waals surface area contributed by atoms with Gasteiger partial charge in [0.15, 0.2) is 9.84 Å². The number of benzene rings is 1. The molecule has 0 spiro atoms. The third-order valence-electron chi connectivity index (χ3n) is 4.46. The maximum Gasteiger partial charge on any atom is 0.177 e. The molecule has 7 heteroatoms. The van der Waals surface area contributed by atoms with E-state index < -0.39 is 9.84 Å². The number of hydrogen-bond donors (Lipinski definition) is 1. The number of aromatic nitrogens is 2. The molecule has 6 nitrogen and oxygen atoms in total. The van der Waals surface area contributed by atoms with Crippen LogP contribution in [-0.4, -0.2) is 43.7 Å². The smallest absolute Gasteiger partial charge is 0.177 e. The summed E-state index contributed by atoms with van der Waals surface area (Å²) in [5, 5.41) is 7.80. The van der Waals surface area contributed by atoms with E-state index in [1.807, 2.05) is 12.3 Å². The summed E-state index contributed by atoms with van der Waals surface area (Å²) in [5.41, 5.74) is 1.45. The first-order valence-corrected chi connectivity index (χ1v) is 10.0. The van der Waals surface area contributed by atoms with Crippen molar-refractivity contribution in [2.75, 3.05) is 24.8 Å². The van der Waals surface area contributed by atoms with E-state index in [1.54, 1.807) is 29.1 Å². The first-order valence-electron chi connectivity index (χ1n) is 8.13. The molecule has 0 aliphatic carbocycles. The Hall–Kier alpha value is -1.86. The summed E-state index contributed by atoms with van der Waals surface area (Å²) >= 11 is 0. The van der Waals surface area contributed by atoms with Crippen molar-refractivity contribution in [3.8, 4) is 5.69 Å². The molecule has 24 heavy (non-hydrogen) atoms. The van der Waals surface area contributed by atoms with Crippen LogP contribution in [0.3, 0.4) is 0 Å². The number of nitrogens with zero attached hydrogens (tertiary/aromatic N) is 2. The zero-order valence-electron chi connectivity index (χ0n) is 14.0. The number of anilines is 1. The first kappa shape index (κ1) is 17.0. The normalized spacial score (nSPS) is 17.6. The Labute approximate surface area is 142 Å². The molecule has 3 rings (SSSR count). The third-order valence-corrected chi connectivity index (χ3v) is 5.61. The van der Waals surface area contributed by atoms with Crippen molar-refractivity contribution >= 4 is 15.5 Å². The van der Waals surface area contributed by atoms with Gasteiger partial charge in [-0.25, -0.2) is 13.1 Å². The minimum atomic E-state index is -3.31. The Bertz CT molecular complexity index is 795. The van der Waals surface area contributed by atoms with Gasteiger partial charge in [-0.3, -0.25) is 0 Å². The molecule has 1 aromatic carbocycles. The predicted octanol–water partition coefficient (Wildman–Crippen LogP) is 2.50.